The zero-order valence-corrected chi connectivity index (χ0v) is 18.4. The Labute approximate surface area is 186 Å². The Morgan fingerprint density at radius 1 is 1.26 bits per heavy atom. The minimum absolute atomic E-state index is 0.113. The van der Waals surface area contributed by atoms with Crippen LogP contribution in [0.15, 0.2) is 17.5 Å². The average molecular weight is 457 g/mol. The largest absolute Gasteiger partial charge is 0.450 e. The SMILES string of the molecule is CCOC(=O)N1CCN(C(=O)c2sc3nc(N)c(C#N)c(-c4cccs4)c3c2N)CC1. The number of hydrogen-bond donors (Lipinski definition) is 2. The molecule has 1 aliphatic heterocycles. The summed E-state index contributed by atoms with van der Waals surface area (Å²) in [6.45, 7) is 3.60. The molecule has 0 atom stereocenters. The molecule has 31 heavy (non-hydrogen) atoms. The molecule has 9 nitrogen and oxygen atoms in total. The molecule has 4 N–H and O–H groups in total. The van der Waals surface area contributed by atoms with E-state index < -0.39 is 0 Å². The van der Waals surface area contributed by atoms with E-state index >= 15 is 0 Å². The zero-order chi connectivity index (χ0) is 22.1. The van der Waals surface area contributed by atoms with Crippen LogP contribution in [0, 0.1) is 11.3 Å². The minimum Gasteiger partial charge on any atom is -0.450 e. The average Bonchev–Trinajstić information content (AvgIpc) is 3.41. The summed E-state index contributed by atoms with van der Waals surface area (Å²) in [6.07, 6.45) is -0.375. The molecule has 1 fully saturated rings. The Morgan fingerprint density at radius 3 is 2.58 bits per heavy atom. The summed E-state index contributed by atoms with van der Waals surface area (Å²) in [7, 11) is 0. The second-order valence-electron chi connectivity index (χ2n) is 6.84. The molecule has 4 heterocycles. The van der Waals surface area contributed by atoms with Crippen LogP contribution < -0.4 is 11.5 Å². The number of nitrogens with two attached hydrogens (primary N) is 2. The van der Waals surface area contributed by atoms with E-state index in [4.69, 9.17) is 16.2 Å². The highest BCUT2D eigenvalue weighted by molar-refractivity contribution is 7.21. The predicted octanol–water partition coefficient (Wildman–Crippen LogP) is 2.98. The molecule has 0 unspecified atom stereocenters. The number of rotatable bonds is 3. The number of nitrogen functional groups attached to an aromatic ring is 2. The number of aromatic nitrogens is 1. The van der Waals surface area contributed by atoms with Crippen molar-refractivity contribution in [2.45, 2.75) is 6.92 Å². The van der Waals surface area contributed by atoms with Crippen LogP contribution in [0.25, 0.3) is 20.7 Å². The van der Waals surface area contributed by atoms with Crippen molar-refractivity contribution in [3.63, 3.8) is 0 Å². The fourth-order valence-electron chi connectivity index (χ4n) is 3.56. The quantitative estimate of drug-likeness (QED) is 0.618. The Bertz CT molecular complexity index is 1190. The fourth-order valence-corrected chi connectivity index (χ4v) is 5.42. The molecule has 3 aromatic rings. The van der Waals surface area contributed by atoms with E-state index in [9.17, 15) is 14.9 Å². The lowest BCUT2D eigenvalue weighted by molar-refractivity contribution is 0.0575. The van der Waals surface area contributed by atoms with E-state index in [1.54, 1.807) is 16.7 Å². The van der Waals surface area contributed by atoms with Crippen molar-refractivity contribution in [1.29, 1.82) is 5.26 Å². The Hall–Kier alpha value is -3.36. The third-order valence-electron chi connectivity index (χ3n) is 5.07. The molecule has 0 bridgehead atoms. The summed E-state index contributed by atoms with van der Waals surface area (Å²) in [4.78, 5) is 34.4. The third kappa shape index (κ3) is 3.64. The molecule has 0 saturated carbocycles. The maximum absolute atomic E-state index is 13.2. The highest BCUT2D eigenvalue weighted by Gasteiger charge is 2.30. The predicted molar refractivity (Wildman–Crippen MR) is 121 cm³/mol. The van der Waals surface area contributed by atoms with Crippen LogP contribution in [0.2, 0.25) is 0 Å². The van der Waals surface area contributed by atoms with Gasteiger partial charge in [0.15, 0.2) is 0 Å². The lowest BCUT2D eigenvalue weighted by Crippen LogP contribution is -2.50. The van der Waals surface area contributed by atoms with Crippen molar-refractivity contribution < 1.29 is 14.3 Å². The first kappa shape index (κ1) is 20.9. The van der Waals surface area contributed by atoms with Gasteiger partial charge in [0.2, 0.25) is 0 Å². The van der Waals surface area contributed by atoms with Crippen LogP contribution in [-0.4, -0.2) is 59.6 Å². The number of piperazine rings is 1. The highest BCUT2D eigenvalue weighted by atomic mass is 32.1. The molecule has 4 rings (SSSR count). The van der Waals surface area contributed by atoms with Gasteiger partial charge in [0.05, 0.1) is 12.3 Å². The van der Waals surface area contributed by atoms with E-state index in [2.05, 4.69) is 11.1 Å². The van der Waals surface area contributed by atoms with Gasteiger partial charge in [-0.2, -0.15) is 5.26 Å². The van der Waals surface area contributed by atoms with E-state index in [1.165, 1.54) is 22.7 Å². The Balaban J connectivity index is 1.69. The first-order valence-electron chi connectivity index (χ1n) is 9.62. The van der Waals surface area contributed by atoms with Crippen LogP contribution in [0.3, 0.4) is 0 Å². The van der Waals surface area contributed by atoms with Gasteiger partial charge in [-0.25, -0.2) is 9.78 Å². The smallest absolute Gasteiger partial charge is 0.409 e. The number of pyridine rings is 1. The number of fused-ring (bicyclic) bond motifs is 1. The van der Waals surface area contributed by atoms with Gasteiger partial charge in [-0.05, 0) is 18.4 Å². The second kappa shape index (κ2) is 8.41. The van der Waals surface area contributed by atoms with Crippen LogP contribution in [0.4, 0.5) is 16.3 Å². The molecule has 0 spiro atoms. The molecule has 1 aliphatic rings. The van der Waals surface area contributed by atoms with Gasteiger partial charge in [0.1, 0.15) is 27.2 Å². The summed E-state index contributed by atoms with van der Waals surface area (Å²) in [6, 6.07) is 5.88. The molecule has 0 aromatic carbocycles. The topological polar surface area (TPSA) is 139 Å². The third-order valence-corrected chi connectivity index (χ3v) is 7.05. The molecular formula is C20H20N6O3S2. The normalized spacial score (nSPS) is 13.9. The molecule has 0 radical (unpaired) electrons. The van der Waals surface area contributed by atoms with Gasteiger partial charge in [-0.15, -0.1) is 22.7 Å². The van der Waals surface area contributed by atoms with E-state index in [0.29, 0.717) is 59.1 Å². The van der Waals surface area contributed by atoms with Crippen molar-refractivity contribution in [2.24, 2.45) is 0 Å². The number of ether oxygens (including phenoxy) is 1. The van der Waals surface area contributed by atoms with Crippen LogP contribution in [-0.2, 0) is 4.74 Å². The molecule has 160 valence electrons. The van der Waals surface area contributed by atoms with Gasteiger partial charge in [-0.1, -0.05) is 6.07 Å². The number of carbonyl (C=O) groups is 2. The highest BCUT2D eigenvalue weighted by Crippen LogP contribution is 2.44. The van der Waals surface area contributed by atoms with Crippen LogP contribution >= 0.6 is 22.7 Å². The van der Waals surface area contributed by atoms with Crippen molar-refractivity contribution in [3.05, 3.63) is 28.0 Å². The Kier molecular flexibility index (Phi) is 5.67. The summed E-state index contributed by atoms with van der Waals surface area (Å²) in [5.74, 6) is -0.111. The van der Waals surface area contributed by atoms with E-state index in [1.807, 2.05) is 17.5 Å². The van der Waals surface area contributed by atoms with Gasteiger partial charge >= 0.3 is 6.09 Å². The molecule has 3 aromatic heterocycles. The lowest BCUT2D eigenvalue weighted by atomic mass is 10.0. The molecule has 1 saturated heterocycles. The maximum atomic E-state index is 13.2. The number of nitriles is 1. The number of anilines is 2. The van der Waals surface area contributed by atoms with Crippen molar-refractivity contribution >= 4 is 56.4 Å². The zero-order valence-electron chi connectivity index (χ0n) is 16.8. The van der Waals surface area contributed by atoms with Crippen molar-refractivity contribution in [3.8, 4) is 16.5 Å². The second-order valence-corrected chi connectivity index (χ2v) is 8.79. The number of thiophene rings is 2. The molecule has 0 aliphatic carbocycles. The van der Waals surface area contributed by atoms with E-state index in [0.717, 1.165) is 4.88 Å². The summed E-state index contributed by atoms with van der Waals surface area (Å²) >= 11 is 2.63. The van der Waals surface area contributed by atoms with E-state index in [-0.39, 0.29) is 23.4 Å². The lowest BCUT2D eigenvalue weighted by Gasteiger charge is -2.33. The maximum Gasteiger partial charge on any atom is 0.409 e. The van der Waals surface area contributed by atoms with Crippen LogP contribution in [0.1, 0.15) is 22.2 Å². The molecule has 11 heteroatoms. The minimum atomic E-state index is -0.375. The van der Waals surface area contributed by atoms with Gasteiger partial charge in [-0.3, -0.25) is 4.79 Å². The number of carbonyl (C=O) groups excluding carboxylic acids is 2. The van der Waals surface area contributed by atoms with Gasteiger partial charge in [0, 0.05) is 42.0 Å². The summed E-state index contributed by atoms with van der Waals surface area (Å²) in [5, 5.41) is 12.1. The van der Waals surface area contributed by atoms with Gasteiger partial charge in [0.25, 0.3) is 5.91 Å². The number of amides is 2. The standard InChI is InChI=1S/C20H20N6O3S2/c1-2-29-20(28)26-7-5-25(6-8-26)19(27)16-15(22)14-13(12-4-3-9-30-12)11(10-21)17(23)24-18(14)31-16/h3-4,9H,2,5-8,22H2,1H3,(H2,23,24). The van der Waals surface area contributed by atoms with Crippen LogP contribution in [0.5, 0.6) is 0 Å². The first-order valence-corrected chi connectivity index (χ1v) is 11.3. The van der Waals surface area contributed by atoms with Crippen molar-refractivity contribution in [1.82, 2.24) is 14.8 Å². The van der Waals surface area contributed by atoms with Crippen molar-refractivity contribution in [2.75, 3.05) is 44.3 Å². The monoisotopic (exact) mass is 456 g/mol. The molecular weight excluding hydrogens is 436 g/mol. The first-order chi connectivity index (χ1) is 15.0. The number of nitrogens with zero attached hydrogens (tertiary/aromatic N) is 4. The fraction of sp³-hybridized carbons (Fsp3) is 0.300. The number of hydrogen-bond acceptors (Lipinski definition) is 9. The Morgan fingerprint density at radius 2 is 1.97 bits per heavy atom. The summed E-state index contributed by atoms with van der Waals surface area (Å²) in [5.41, 5.74) is 13.6. The van der Waals surface area contributed by atoms with Gasteiger partial charge < -0.3 is 26.0 Å². The summed E-state index contributed by atoms with van der Waals surface area (Å²) < 4.78 is 5.02. The molecule has 2 amide bonds.